The minimum Gasteiger partial charge on any atom is -0.383 e. The molecular weight excluding hydrogens is 378 g/mol. The summed E-state index contributed by atoms with van der Waals surface area (Å²) in [5.74, 6) is -0.400. The monoisotopic (exact) mass is 399 g/mol. The van der Waals surface area contributed by atoms with Crippen LogP contribution in [0.4, 0.5) is 5.69 Å². The lowest BCUT2D eigenvalue weighted by Gasteiger charge is -2.11. The molecule has 0 saturated carbocycles. The lowest BCUT2D eigenvalue weighted by atomic mass is 10.1. The highest BCUT2D eigenvalue weighted by Gasteiger charge is 2.16. The van der Waals surface area contributed by atoms with Gasteiger partial charge >= 0.3 is 0 Å². The van der Waals surface area contributed by atoms with Gasteiger partial charge in [-0.3, -0.25) is 9.78 Å². The van der Waals surface area contributed by atoms with Crippen LogP contribution in [0.25, 0.3) is 10.9 Å². The Morgan fingerprint density at radius 1 is 1.14 bits per heavy atom. The van der Waals surface area contributed by atoms with Gasteiger partial charge in [-0.15, -0.1) is 0 Å². The Morgan fingerprint density at radius 2 is 1.96 bits per heavy atom. The Balaban J connectivity index is 1.86. The summed E-state index contributed by atoms with van der Waals surface area (Å²) in [5, 5.41) is 3.67. The molecule has 3 rings (SSSR count). The summed E-state index contributed by atoms with van der Waals surface area (Å²) in [6, 6.07) is 13.3. The second-order valence-electron chi connectivity index (χ2n) is 6.20. The number of fused-ring (bicyclic) bond motifs is 1. The minimum absolute atomic E-state index is 0.0201. The van der Waals surface area contributed by atoms with Gasteiger partial charge in [-0.25, -0.2) is 13.1 Å². The van der Waals surface area contributed by atoms with Crippen molar-refractivity contribution >= 4 is 32.5 Å². The summed E-state index contributed by atoms with van der Waals surface area (Å²) in [6.07, 6.45) is 1.70. The number of sulfonamides is 1. The third kappa shape index (κ3) is 4.36. The average Bonchev–Trinajstić information content (AvgIpc) is 2.70. The molecule has 2 aromatic carbocycles. The van der Waals surface area contributed by atoms with E-state index in [0.29, 0.717) is 5.69 Å². The fraction of sp³-hybridized carbons (Fsp3) is 0.200. The van der Waals surface area contributed by atoms with E-state index in [1.165, 1.54) is 25.3 Å². The van der Waals surface area contributed by atoms with E-state index in [0.717, 1.165) is 16.5 Å². The van der Waals surface area contributed by atoms with E-state index in [-0.39, 0.29) is 23.6 Å². The number of hydrogen-bond acceptors (Lipinski definition) is 5. The first-order chi connectivity index (χ1) is 13.4. The van der Waals surface area contributed by atoms with Gasteiger partial charge in [0.1, 0.15) is 0 Å². The number of aromatic nitrogens is 1. The second-order valence-corrected chi connectivity index (χ2v) is 7.97. The zero-order chi connectivity index (χ0) is 20.1. The molecular formula is C20H21N3O4S. The van der Waals surface area contributed by atoms with Gasteiger partial charge in [0.25, 0.3) is 5.91 Å². The molecule has 0 fully saturated rings. The first-order valence-corrected chi connectivity index (χ1v) is 10.1. The van der Waals surface area contributed by atoms with Gasteiger partial charge in [-0.05, 0) is 48.9 Å². The summed E-state index contributed by atoms with van der Waals surface area (Å²) in [7, 11) is -2.23. The van der Waals surface area contributed by atoms with Crippen molar-refractivity contribution in [3.05, 3.63) is 65.9 Å². The maximum atomic E-state index is 12.7. The Labute approximate surface area is 163 Å². The van der Waals surface area contributed by atoms with Crippen molar-refractivity contribution in [3.63, 3.8) is 0 Å². The van der Waals surface area contributed by atoms with Crippen LogP contribution in [0.15, 0.2) is 59.6 Å². The SMILES string of the molecule is COCCNS(=O)(=O)c1cccc(C(=O)Nc2ccc(C)c3ncccc23)c1. The van der Waals surface area contributed by atoms with Gasteiger partial charge in [-0.2, -0.15) is 0 Å². The number of hydrogen-bond donors (Lipinski definition) is 2. The van der Waals surface area contributed by atoms with Gasteiger partial charge in [0, 0.05) is 30.8 Å². The van der Waals surface area contributed by atoms with E-state index in [4.69, 9.17) is 4.74 Å². The normalized spacial score (nSPS) is 11.5. The van der Waals surface area contributed by atoms with Gasteiger partial charge in [0.15, 0.2) is 0 Å². The molecule has 146 valence electrons. The molecule has 28 heavy (non-hydrogen) atoms. The van der Waals surface area contributed by atoms with E-state index >= 15 is 0 Å². The van der Waals surface area contributed by atoms with Crippen molar-refractivity contribution in [1.29, 1.82) is 0 Å². The molecule has 0 atom stereocenters. The molecule has 7 nitrogen and oxygen atoms in total. The number of aryl methyl sites for hydroxylation is 1. The van der Waals surface area contributed by atoms with E-state index in [1.54, 1.807) is 18.3 Å². The summed E-state index contributed by atoms with van der Waals surface area (Å²) >= 11 is 0. The number of pyridine rings is 1. The molecule has 0 radical (unpaired) electrons. The highest BCUT2D eigenvalue weighted by atomic mass is 32.2. The van der Waals surface area contributed by atoms with Crippen molar-refractivity contribution in [1.82, 2.24) is 9.71 Å². The molecule has 0 saturated heterocycles. The average molecular weight is 399 g/mol. The number of ether oxygens (including phenoxy) is 1. The van der Waals surface area contributed by atoms with Gasteiger partial charge in [-0.1, -0.05) is 12.1 Å². The van der Waals surface area contributed by atoms with Crippen LogP contribution in [-0.2, 0) is 14.8 Å². The zero-order valence-electron chi connectivity index (χ0n) is 15.6. The molecule has 0 aliphatic rings. The number of carbonyl (C=O) groups is 1. The van der Waals surface area contributed by atoms with Crippen LogP contribution < -0.4 is 10.0 Å². The fourth-order valence-electron chi connectivity index (χ4n) is 2.78. The van der Waals surface area contributed by atoms with Crippen LogP contribution in [-0.4, -0.2) is 39.6 Å². The van der Waals surface area contributed by atoms with E-state index in [9.17, 15) is 13.2 Å². The molecule has 1 amide bonds. The van der Waals surface area contributed by atoms with Crippen molar-refractivity contribution in [2.45, 2.75) is 11.8 Å². The van der Waals surface area contributed by atoms with Crippen molar-refractivity contribution in [3.8, 4) is 0 Å². The van der Waals surface area contributed by atoms with Crippen LogP contribution in [0, 0.1) is 6.92 Å². The molecule has 0 aliphatic heterocycles. The molecule has 0 bridgehead atoms. The first kappa shape index (κ1) is 19.9. The van der Waals surface area contributed by atoms with Crippen LogP contribution >= 0.6 is 0 Å². The Bertz CT molecular complexity index is 1110. The molecule has 8 heteroatoms. The van der Waals surface area contributed by atoms with Crippen molar-refractivity contribution in [2.75, 3.05) is 25.6 Å². The zero-order valence-corrected chi connectivity index (χ0v) is 16.4. The fourth-order valence-corrected chi connectivity index (χ4v) is 3.84. The van der Waals surface area contributed by atoms with Gasteiger partial charge in [0.05, 0.1) is 22.7 Å². The van der Waals surface area contributed by atoms with E-state index in [2.05, 4.69) is 15.0 Å². The van der Waals surface area contributed by atoms with Crippen LogP contribution in [0.1, 0.15) is 15.9 Å². The molecule has 2 N–H and O–H groups in total. The van der Waals surface area contributed by atoms with Crippen molar-refractivity contribution in [2.24, 2.45) is 0 Å². The summed E-state index contributed by atoms with van der Waals surface area (Å²) in [4.78, 5) is 17.1. The Morgan fingerprint density at radius 3 is 2.75 bits per heavy atom. The van der Waals surface area contributed by atoms with Crippen molar-refractivity contribution < 1.29 is 17.9 Å². The standard InChI is InChI=1S/C20H21N3O4S/c1-14-8-9-18(17-7-4-10-21-19(14)17)23-20(24)15-5-3-6-16(13-15)28(25,26)22-11-12-27-2/h3-10,13,22H,11-12H2,1-2H3,(H,23,24). The van der Waals surface area contributed by atoms with E-state index in [1.807, 2.05) is 25.1 Å². The Kier molecular flexibility index (Phi) is 6.03. The highest BCUT2D eigenvalue weighted by molar-refractivity contribution is 7.89. The first-order valence-electron chi connectivity index (χ1n) is 8.67. The van der Waals surface area contributed by atoms with E-state index < -0.39 is 15.9 Å². The number of benzene rings is 2. The molecule has 1 heterocycles. The number of methoxy groups -OCH3 is 1. The summed E-state index contributed by atoms with van der Waals surface area (Å²) in [6.45, 7) is 2.36. The lowest BCUT2D eigenvalue weighted by Crippen LogP contribution is -2.27. The number of rotatable bonds is 7. The predicted molar refractivity (Wildman–Crippen MR) is 108 cm³/mol. The summed E-state index contributed by atoms with van der Waals surface area (Å²) < 4.78 is 32.0. The largest absolute Gasteiger partial charge is 0.383 e. The number of carbonyl (C=O) groups excluding carboxylic acids is 1. The molecule has 0 unspecified atom stereocenters. The molecule has 1 aromatic heterocycles. The molecule has 0 spiro atoms. The third-order valence-electron chi connectivity index (χ3n) is 4.22. The highest BCUT2D eigenvalue weighted by Crippen LogP contribution is 2.25. The Hall–Kier alpha value is -2.81. The maximum Gasteiger partial charge on any atom is 0.255 e. The number of amides is 1. The number of anilines is 1. The van der Waals surface area contributed by atoms with Crippen LogP contribution in [0.2, 0.25) is 0 Å². The molecule has 3 aromatic rings. The lowest BCUT2D eigenvalue weighted by molar-refractivity contribution is 0.102. The van der Waals surface area contributed by atoms with Crippen LogP contribution in [0.5, 0.6) is 0 Å². The second kappa shape index (κ2) is 8.47. The maximum absolute atomic E-state index is 12.7. The topological polar surface area (TPSA) is 97.4 Å². The van der Waals surface area contributed by atoms with Gasteiger partial charge in [0.2, 0.25) is 10.0 Å². The number of nitrogens with zero attached hydrogens (tertiary/aromatic N) is 1. The number of nitrogens with one attached hydrogen (secondary N) is 2. The third-order valence-corrected chi connectivity index (χ3v) is 5.68. The van der Waals surface area contributed by atoms with Gasteiger partial charge < -0.3 is 10.1 Å². The quantitative estimate of drug-likeness (QED) is 0.596. The van der Waals surface area contributed by atoms with Crippen LogP contribution in [0.3, 0.4) is 0 Å². The molecule has 0 aliphatic carbocycles. The smallest absolute Gasteiger partial charge is 0.255 e. The predicted octanol–water partition coefficient (Wildman–Crippen LogP) is 2.72. The minimum atomic E-state index is -3.72. The summed E-state index contributed by atoms with van der Waals surface area (Å²) in [5.41, 5.74) is 2.67.